The largest absolute Gasteiger partial charge is 0.480 e. The van der Waals surface area contributed by atoms with Crippen LogP contribution < -0.4 is 4.90 Å². The highest BCUT2D eigenvalue weighted by Gasteiger charge is 2.18. The summed E-state index contributed by atoms with van der Waals surface area (Å²) in [5, 5.41) is 8.67. The van der Waals surface area contributed by atoms with Crippen molar-refractivity contribution in [1.82, 2.24) is 9.97 Å². The molecule has 0 aliphatic rings. The molecule has 7 nitrogen and oxygen atoms in total. The van der Waals surface area contributed by atoms with Gasteiger partial charge in [0.2, 0.25) is 0 Å². The number of ether oxygens (including phenoxy) is 2. The van der Waals surface area contributed by atoms with Crippen LogP contribution in [0.2, 0.25) is 0 Å². The van der Waals surface area contributed by atoms with Crippen molar-refractivity contribution in [3.05, 3.63) is 66.9 Å². The Balaban J connectivity index is 1.79. The summed E-state index contributed by atoms with van der Waals surface area (Å²) in [7, 11) is 0. The van der Waals surface area contributed by atoms with Crippen molar-refractivity contribution in [2.45, 2.75) is 32.9 Å². The first-order valence-electron chi connectivity index (χ1n) is 11.1. The van der Waals surface area contributed by atoms with E-state index >= 15 is 0 Å². The lowest BCUT2D eigenvalue weighted by atomic mass is 10.0. The Morgan fingerprint density at radius 3 is 2.15 bits per heavy atom. The van der Waals surface area contributed by atoms with E-state index in [1.165, 1.54) is 0 Å². The van der Waals surface area contributed by atoms with E-state index in [0.717, 1.165) is 28.3 Å². The lowest BCUT2D eigenvalue weighted by molar-refractivity contribution is -0.143. The molecule has 1 aromatic heterocycles. The van der Waals surface area contributed by atoms with E-state index in [2.05, 4.69) is 18.7 Å². The van der Waals surface area contributed by atoms with Gasteiger partial charge in [0.1, 0.15) is 12.4 Å². The molecule has 0 saturated heterocycles. The molecule has 0 fully saturated rings. The van der Waals surface area contributed by atoms with Crippen molar-refractivity contribution in [3.63, 3.8) is 0 Å². The fourth-order valence-electron chi connectivity index (χ4n) is 3.47. The zero-order chi connectivity index (χ0) is 23.6. The number of rotatable bonds is 12. The van der Waals surface area contributed by atoms with Gasteiger partial charge in [0, 0.05) is 23.7 Å². The summed E-state index contributed by atoms with van der Waals surface area (Å²) in [5.74, 6) is -0.207. The molecule has 1 heterocycles. The summed E-state index contributed by atoms with van der Waals surface area (Å²) in [6.07, 6.45) is 1.61. The molecule has 0 aliphatic heterocycles. The molecule has 1 unspecified atom stereocenters. The molecule has 0 amide bonds. The number of carboxylic acids is 1. The van der Waals surface area contributed by atoms with Gasteiger partial charge in [0.05, 0.1) is 36.9 Å². The number of carbonyl (C=O) groups is 1. The number of hydrogen-bond donors (Lipinski definition) is 1. The van der Waals surface area contributed by atoms with Crippen molar-refractivity contribution in [1.29, 1.82) is 0 Å². The van der Waals surface area contributed by atoms with Gasteiger partial charge in [-0.15, -0.1) is 0 Å². The molecule has 2 aromatic carbocycles. The van der Waals surface area contributed by atoms with Gasteiger partial charge in [0.15, 0.2) is 0 Å². The van der Waals surface area contributed by atoms with Crippen molar-refractivity contribution >= 4 is 11.8 Å². The van der Waals surface area contributed by atoms with E-state index < -0.39 is 5.97 Å². The lowest BCUT2D eigenvalue weighted by Gasteiger charge is -2.29. The van der Waals surface area contributed by atoms with Crippen molar-refractivity contribution < 1.29 is 19.4 Å². The van der Waals surface area contributed by atoms with Crippen LogP contribution in [0.4, 0.5) is 5.82 Å². The maximum atomic E-state index is 10.6. The van der Waals surface area contributed by atoms with Gasteiger partial charge in [-0.3, -0.25) is 4.98 Å². The minimum atomic E-state index is -0.986. The molecule has 0 radical (unpaired) electrons. The third-order valence-electron chi connectivity index (χ3n) is 5.08. The molecule has 0 saturated carbocycles. The summed E-state index contributed by atoms with van der Waals surface area (Å²) in [5.41, 5.74) is 3.70. The molecule has 0 aliphatic carbocycles. The molecule has 0 spiro atoms. The Morgan fingerprint density at radius 2 is 1.58 bits per heavy atom. The van der Waals surface area contributed by atoms with E-state index in [9.17, 15) is 4.79 Å². The first-order valence-corrected chi connectivity index (χ1v) is 11.1. The second-order valence-corrected chi connectivity index (χ2v) is 8.03. The Bertz CT molecular complexity index is 1010. The molecule has 1 atom stereocenters. The molecule has 3 rings (SSSR count). The van der Waals surface area contributed by atoms with Crippen LogP contribution in [0.5, 0.6) is 0 Å². The Labute approximate surface area is 195 Å². The first-order chi connectivity index (χ1) is 16.0. The fourth-order valence-corrected chi connectivity index (χ4v) is 3.47. The van der Waals surface area contributed by atoms with Crippen molar-refractivity contribution in [2.75, 3.05) is 31.3 Å². The van der Waals surface area contributed by atoms with E-state index in [-0.39, 0.29) is 25.4 Å². The Hall–Kier alpha value is -3.29. The maximum Gasteiger partial charge on any atom is 0.329 e. The van der Waals surface area contributed by atoms with Gasteiger partial charge in [-0.05, 0) is 20.8 Å². The SMILES string of the molecule is CC(COCC(=O)O)OCCN(c1cnc(-c2ccccc2)c(-c2ccccc2)n1)C(C)C. The summed E-state index contributed by atoms with van der Waals surface area (Å²) in [4.78, 5) is 22.6. The summed E-state index contributed by atoms with van der Waals surface area (Å²) >= 11 is 0. The van der Waals surface area contributed by atoms with Crippen LogP contribution in [0.15, 0.2) is 66.9 Å². The van der Waals surface area contributed by atoms with Crippen molar-refractivity contribution in [3.8, 4) is 22.5 Å². The lowest BCUT2D eigenvalue weighted by Crippen LogP contribution is -2.36. The average Bonchev–Trinajstić information content (AvgIpc) is 2.82. The third-order valence-corrected chi connectivity index (χ3v) is 5.08. The third kappa shape index (κ3) is 7.10. The number of aliphatic carboxylic acids is 1. The number of aromatic nitrogens is 2. The van der Waals surface area contributed by atoms with Gasteiger partial charge in [-0.25, -0.2) is 9.78 Å². The van der Waals surface area contributed by atoms with Gasteiger partial charge in [-0.1, -0.05) is 60.7 Å². The van der Waals surface area contributed by atoms with Crippen LogP contribution in [0.25, 0.3) is 22.5 Å². The van der Waals surface area contributed by atoms with E-state index in [4.69, 9.17) is 24.5 Å². The van der Waals surface area contributed by atoms with Gasteiger partial charge < -0.3 is 19.5 Å². The Kier molecular flexibility index (Phi) is 8.92. The average molecular weight is 450 g/mol. The normalized spacial score (nSPS) is 12.0. The van der Waals surface area contributed by atoms with E-state index in [0.29, 0.717) is 13.2 Å². The van der Waals surface area contributed by atoms with Crippen LogP contribution in [0.3, 0.4) is 0 Å². The van der Waals surface area contributed by atoms with Crippen molar-refractivity contribution in [2.24, 2.45) is 0 Å². The zero-order valence-electron chi connectivity index (χ0n) is 19.3. The maximum absolute atomic E-state index is 10.6. The monoisotopic (exact) mass is 449 g/mol. The Morgan fingerprint density at radius 1 is 0.970 bits per heavy atom. The zero-order valence-corrected chi connectivity index (χ0v) is 19.3. The first kappa shape index (κ1) is 24.4. The molecule has 0 bridgehead atoms. The number of anilines is 1. The number of benzene rings is 2. The van der Waals surface area contributed by atoms with E-state index in [1.54, 1.807) is 0 Å². The van der Waals surface area contributed by atoms with Crippen LogP contribution in [-0.2, 0) is 14.3 Å². The fraction of sp³-hybridized carbons (Fsp3) is 0.346. The van der Waals surface area contributed by atoms with Crippen LogP contribution in [0, 0.1) is 0 Å². The molecular formula is C26H31N3O4. The predicted octanol–water partition coefficient (Wildman–Crippen LogP) is 4.53. The topological polar surface area (TPSA) is 84.8 Å². The summed E-state index contributed by atoms with van der Waals surface area (Å²) in [6.45, 7) is 7.06. The minimum Gasteiger partial charge on any atom is -0.480 e. The van der Waals surface area contributed by atoms with Crippen LogP contribution in [-0.4, -0.2) is 59.6 Å². The van der Waals surface area contributed by atoms with Gasteiger partial charge >= 0.3 is 5.97 Å². The quantitative estimate of drug-likeness (QED) is 0.435. The van der Waals surface area contributed by atoms with Crippen LogP contribution >= 0.6 is 0 Å². The second kappa shape index (κ2) is 12.1. The minimum absolute atomic E-state index is 0.188. The molecule has 7 heteroatoms. The highest BCUT2D eigenvalue weighted by Crippen LogP contribution is 2.30. The molecule has 1 N–H and O–H groups in total. The molecule has 3 aromatic rings. The van der Waals surface area contributed by atoms with Crippen LogP contribution in [0.1, 0.15) is 20.8 Å². The standard InChI is InChI=1S/C26H31N3O4/c1-19(2)29(14-15-33-20(3)17-32-18-24(30)31)23-16-27-25(21-10-6-4-7-11-21)26(28-23)22-12-8-5-9-13-22/h4-13,16,19-20H,14-15,17-18H2,1-3H3,(H,30,31). The predicted molar refractivity (Wildman–Crippen MR) is 129 cm³/mol. The number of hydrogen-bond acceptors (Lipinski definition) is 6. The smallest absolute Gasteiger partial charge is 0.329 e. The summed E-state index contributed by atoms with van der Waals surface area (Å²) in [6, 6.07) is 20.3. The highest BCUT2D eigenvalue weighted by molar-refractivity contribution is 5.78. The number of carboxylic acid groups (broad SMARTS) is 1. The molecular weight excluding hydrogens is 418 g/mol. The number of nitrogens with zero attached hydrogens (tertiary/aromatic N) is 3. The second-order valence-electron chi connectivity index (χ2n) is 8.03. The summed E-state index contributed by atoms with van der Waals surface area (Å²) < 4.78 is 10.9. The highest BCUT2D eigenvalue weighted by atomic mass is 16.5. The molecule has 33 heavy (non-hydrogen) atoms. The molecule has 174 valence electrons. The van der Waals surface area contributed by atoms with E-state index in [1.807, 2.05) is 73.8 Å². The van der Waals surface area contributed by atoms with Gasteiger partial charge in [-0.2, -0.15) is 0 Å². The van der Waals surface area contributed by atoms with Gasteiger partial charge in [0.25, 0.3) is 0 Å².